The van der Waals surface area contributed by atoms with Gasteiger partial charge in [-0.15, -0.1) is 11.8 Å². The molecule has 1 aromatic heterocycles. The van der Waals surface area contributed by atoms with Crippen LogP contribution in [0.25, 0.3) is 22.0 Å². The van der Waals surface area contributed by atoms with Crippen molar-refractivity contribution in [3.8, 4) is 23.0 Å². The van der Waals surface area contributed by atoms with E-state index in [1.807, 2.05) is 0 Å². The van der Waals surface area contributed by atoms with Gasteiger partial charge in [0.25, 0.3) is 5.91 Å². The van der Waals surface area contributed by atoms with E-state index in [-0.39, 0.29) is 59.8 Å². The van der Waals surface area contributed by atoms with E-state index in [0.29, 0.717) is 6.07 Å². The molecule has 1 amide bonds. The Bertz CT molecular complexity index is 1700. The quantitative estimate of drug-likeness (QED) is 0.359. The van der Waals surface area contributed by atoms with Crippen molar-refractivity contribution in [3.63, 3.8) is 0 Å². The van der Waals surface area contributed by atoms with Crippen molar-refractivity contribution in [1.82, 2.24) is 14.5 Å². The van der Waals surface area contributed by atoms with Crippen molar-refractivity contribution in [2.24, 2.45) is 0 Å². The van der Waals surface area contributed by atoms with Crippen LogP contribution in [-0.2, 0) is 17.5 Å². The summed E-state index contributed by atoms with van der Waals surface area (Å²) in [6, 6.07) is 2.28. The molecule has 6 rings (SSSR count). The topological polar surface area (TPSA) is 78.7 Å². The van der Waals surface area contributed by atoms with Crippen LogP contribution in [0, 0.1) is 23.5 Å². The Labute approximate surface area is 234 Å². The summed E-state index contributed by atoms with van der Waals surface area (Å²) >= 11 is 1.07. The monoisotopic (exact) mass is 590 g/mol. The van der Waals surface area contributed by atoms with Gasteiger partial charge in [-0.05, 0) is 43.9 Å². The Hall–Kier alpha value is -3.63. The van der Waals surface area contributed by atoms with Crippen molar-refractivity contribution in [3.05, 3.63) is 51.9 Å². The number of hydrogen-bond acceptors (Lipinski definition) is 6. The second-order valence-electron chi connectivity index (χ2n) is 10.3. The lowest BCUT2D eigenvalue weighted by Crippen LogP contribution is -2.65. The molecule has 2 bridgehead atoms. The van der Waals surface area contributed by atoms with E-state index in [0.717, 1.165) is 30.0 Å². The minimum Gasteiger partial charge on any atom is -0.393 e. The number of hydrogen-bond donors (Lipinski definition) is 1. The van der Waals surface area contributed by atoms with Crippen molar-refractivity contribution in [2.45, 2.75) is 55.6 Å². The van der Waals surface area contributed by atoms with Crippen molar-refractivity contribution in [2.75, 3.05) is 23.7 Å². The number of amides is 1. The van der Waals surface area contributed by atoms with E-state index in [4.69, 9.17) is 0 Å². The fraction of sp³-hybridized carbons (Fsp3) is 0.393. The lowest BCUT2D eigenvalue weighted by molar-refractivity contribution is -0.137. The predicted octanol–water partition coefficient (Wildman–Crippen LogP) is 4.03. The molecule has 3 aliphatic heterocycles. The molecule has 1 N–H and O–H groups in total. The number of benzene rings is 2. The molecular formula is C28H23F5N4O3S. The lowest BCUT2D eigenvalue weighted by atomic mass is 9.88. The summed E-state index contributed by atoms with van der Waals surface area (Å²) in [6.07, 6.45) is -5.10. The van der Waals surface area contributed by atoms with Gasteiger partial charge in [0, 0.05) is 52.9 Å². The lowest BCUT2D eigenvalue weighted by Gasteiger charge is -2.51. The van der Waals surface area contributed by atoms with E-state index in [9.17, 15) is 36.6 Å². The average molecular weight is 591 g/mol. The van der Waals surface area contributed by atoms with Gasteiger partial charge in [0.05, 0.1) is 29.3 Å². The van der Waals surface area contributed by atoms with Gasteiger partial charge in [-0.2, -0.15) is 18.2 Å². The summed E-state index contributed by atoms with van der Waals surface area (Å²) in [7, 11) is 0. The van der Waals surface area contributed by atoms with Crippen LogP contribution < -0.4 is 10.6 Å². The SMILES string of the molecule is CC#CC(=O)N1C2CC(O)CC1CN(c1nc(=O)n3c4c(c(-c5ccc(F)cc5F)c(C(F)(F)F)cc14)SCC3)C2. The van der Waals surface area contributed by atoms with Crippen LogP contribution in [0.15, 0.2) is 34.0 Å². The van der Waals surface area contributed by atoms with Gasteiger partial charge < -0.3 is 14.9 Å². The maximum absolute atomic E-state index is 14.9. The molecule has 214 valence electrons. The third-order valence-corrected chi connectivity index (χ3v) is 8.84. The van der Waals surface area contributed by atoms with Crippen LogP contribution in [0.1, 0.15) is 25.3 Å². The maximum Gasteiger partial charge on any atom is 0.417 e. The average Bonchev–Trinajstić information content (AvgIpc) is 2.89. The van der Waals surface area contributed by atoms with Gasteiger partial charge in [0.1, 0.15) is 17.5 Å². The van der Waals surface area contributed by atoms with Gasteiger partial charge >= 0.3 is 11.9 Å². The summed E-state index contributed by atoms with van der Waals surface area (Å²) in [4.78, 5) is 33.6. The molecule has 13 heteroatoms. The Morgan fingerprint density at radius 1 is 1.15 bits per heavy atom. The fourth-order valence-corrected chi connectivity index (χ4v) is 7.44. The highest BCUT2D eigenvalue weighted by Gasteiger charge is 2.44. The first-order chi connectivity index (χ1) is 19.5. The highest BCUT2D eigenvalue weighted by molar-refractivity contribution is 7.99. The van der Waals surface area contributed by atoms with Crippen molar-refractivity contribution >= 4 is 34.4 Å². The zero-order valence-electron chi connectivity index (χ0n) is 21.6. The summed E-state index contributed by atoms with van der Waals surface area (Å²) in [5.74, 6) is 2.90. The van der Waals surface area contributed by atoms with E-state index in [1.165, 1.54) is 11.5 Å². The van der Waals surface area contributed by atoms with E-state index in [2.05, 4.69) is 16.8 Å². The Kier molecular flexibility index (Phi) is 6.73. The predicted molar refractivity (Wildman–Crippen MR) is 142 cm³/mol. The second-order valence-corrected chi connectivity index (χ2v) is 11.4. The second kappa shape index (κ2) is 10.0. The highest BCUT2D eigenvalue weighted by Crippen LogP contribution is 2.49. The minimum absolute atomic E-state index is 0.0293. The first kappa shape index (κ1) is 27.5. The molecule has 4 heterocycles. The van der Waals surface area contributed by atoms with Crippen LogP contribution >= 0.6 is 11.8 Å². The molecule has 2 unspecified atom stereocenters. The van der Waals surface area contributed by atoms with E-state index >= 15 is 0 Å². The number of nitrogens with zero attached hydrogens (tertiary/aromatic N) is 4. The Morgan fingerprint density at radius 2 is 1.85 bits per heavy atom. The normalized spacial score (nSPS) is 22.0. The number of aromatic nitrogens is 2. The number of aliphatic hydroxyl groups is 1. The standard InChI is InChI=1S/C28H23F5N4O3S/c1-2-3-22(39)37-15-9-17(38)10-16(37)13-35(12-15)26-19-11-20(28(31,32)33)23(18-5-4-14(29)8-21(18)30)25-24(19)36(6-7-41-25)27(40)34-26/h4-5,8,11,15-17,38H,6-7,9-10,12-13H2,1H3. The highest BCUT2D eigenvalue weighted by atomic mass is 32.2. The van der Waals surface area contributed by atoms with Gasteiger partial charge in [0.15, 0.2) is 0 Å². The minimum atomic E-state index is -4.92. The smallest absolute Gasteiger partial charge is 0.393 e. The number of fused-ring (bicyclic) bond motifs is 2. The Morgan fingerprint density at radius 3 is 2.49 bits per heavy atom. The molecule has 0 radical (unpaired) electrons. The van der Waals surface area contributed by atoms with E-state index < -0.39 is 64.3 Å². The zero-order valence-corrected chi connectivity index (χ0v) is 22.5. The molecule has 3 aliphatic rings. The summed E-state index contributed by atoms with van der Waals surface area (Å²) in [6.45, 7) is 1.96. The van der Waals surface area contributed by atoms with Crippen LogP contribution in [0.4, 0.5) is 27.8 Å². The number of aliphatic hydroxyl groups excluding tert-OH is 1. The van der Waals surface area contributed by atoms with Gasteiger partial charge in [-0.1, -0.05) is 5.92 Å². The molecule has 2 aromatic carbocycles. The number of aryl methyl sites for hydroxylation is 1. The molecule has 7 nitrogen and oxygen atoms in total. The number of piperazine rings is 1. The number of piperidine rings is 1. The van der Waals surface area contributed by atoms with Crippen LogP contribution in [0.2, 0.25) is 0 Å². The van der Waals surface area contributed by atoms with Crippen molar-refractivity contribution < 1.29 is 31.9 Å². The molecule has 2 fully saturated rings. The first-order valence-corrected chi connectivity index (χ1v) is 13.9. The number of anilines is 1. The summed E-state index contributed by atoms with van der Waals surface area (Å²) in [5, 5.41) is 10.5. The summed E-state index contributed by atoms with van der Waals surface area (Å²) < 4.78 is 73.8. The van der Waals surface area contributed by atoms with Gasteiger partial charge in [-0.3, -0.25) is 9.36 Å². The maximum atomic E-state index is 14.9. The number of rotatable bonds is 2. The molecule has 2 saturated heterocycles. The first-order valence-electron chi connectivity index (χ1n) is 12.9. The van der Waals surface area contributed by atoms with Crippen LogP contribution in [0.3, 0.4) is 0 Å². The summed E-state index contributed by atoms with van der Waals surface area (Å²) in [5.41, 5.74) is -2.47. The van der Waals surface area contributed by atoms with Gasteiger partial charge in [0.2, 0.25) is 0 Å². The number of carbonyl (C=O) groups excluding carboxylic acids is 1. The van der Waals surface area contributed by atoms with Gasteiger partial charge in [-0.25, -0.2) is 13.6 Å². The molecule has 0 aliphatic carbocycles. The molecule has 41 heavy (non-hydrogen) atoms. The third kappa shape index (κ3) is 4.63. The Balaban J connectivity index is 1.58. The van der Waals surface area contributed by atoms with Crippen molar-refractivity contribution in [1.29, 1.82) is 0 Å². The third-order valence-electron chi connectivity index (χ3n) is 7.77. The molecule has 3 aromatic rings. The molecule has 2 atom stereocenters. The molecule has 0 saturated carbocycles. The number of carbonyl (C=O) groups is 1. The number of alkyl halides is 3. The number of thioether (sulfide) groups is 1. The molecular weight excluding hydrogens is 567 g/mol. The van der Waals surface area contributed by atoms with Crippen LogP contribution in [-0.4, -0.2) is 62.5 Å². The number of halogens is 5. The van der Waals surface area contributed by atoms with Crippen LogP contribution in [0.5, 0.6) is 0 Å². The zero-order chi connectivity index (χ0) is 29.2. The fourth-order valence-electron chi connectivity index (χ4n) is 6.24. The molecule has 0 spiro atoms. The van der Waals surface area contributed by atoms with E-state index in [1.54, 1.807) is 9.80 Å². The largest absolute Gasteiger partial charge is 0.417 e.